The molecule has 0 radical (unpaired) electrons. The monoisotopic (exact) mass is 221 g/mol. The van der Waals surface area contributed by atoms with Crippen LogP contribution in [0.25, 0.3) is 0 Å². The van der Waals surface area contributed by atoms with Crippen molar-refractivity contribution in [1.82, 2.24) is 14.5 Å². The van der Waals surface area contributed by atoms with Gasteiger partial charge < -0.3 is 9.47 Å². The molecule has 0 N–H and O–H groups in total. The van der Waals surface area contributed by atoms with Crippen LogP contribution in [-0.2, 0) is 4.79 Å². The number of hydrogen-bond acceptors (Lipinski definition) is 2. The van der Waals surface area contributed by atoms with Crippen LogP contribution in [0.5, 0.6) is 0 Å². The summed E-state index contributed by atoms with van der Waals surface area (Å²) in [6.45, 7) is 5.67. The lowest BCUT2D eigenvalue weighted by Gasteiger charge is -2.33. The SMILES string of the molecule is CC(C)C(=O)N1CCC(n2ccnc2)CC1. The lowest BCUT2D eigenvalue weighted by Crippen LogP contribution is -2.40. The van der Waals surface area contributed by atoms with Gasteiger partial charge in [-0.25, -0.2) is 4.98 Å². The van der Waals surface area contributed by atoms with Crippen LogP contribution in [0, 0.1) is 5.92 Å². The molecule has 4 heteroatoms. The van der Waals surface area contributed by atoms with Crippen molar-refractivity contribution in [3.63, 3.8) is 0 Å². The maximum atomic E-state index is 11.8. The van der Waals surface area contributed by atoms with Crippen molar-refractivity contribution in [1.29, 1.82) is 0 Å². The van der Waals surface area contributed by atoms with Crippen molar-refractivity contribution in [3.8, 4) is 0 Å². The molecule has 2 rings (SSSR count). The molecule has 1 aromatic rings. The standard InChI is InChI=1S/C12H19N3O/c1-10(2)12(16)14-6-3-11(4-7-14)15-8-5-13-9-15/h5,8-11H,3-4,6-7H2,1-2H3. The Morgan fingerprint density at radius 1 is 1.38 bits per heavy atom. The summed E-state index contributed by atoms with van der Waals surface area (Å²) in [5, 5.41) is 0. The number of carbonyl (C=O) groups is 1. The molecule has 1 aliphatic heterocycles. The number of nitrogens with zero attached hydrogens (tertiary/aromatic N) is 3. The minimum Gasteiger partial charge on any atom is -0.342 e. The zero-order chi connectivity index (χ0) is 11.5. The van der Waals surface area contributed by atoms with Gasteiger partial charge in [-0.05, 0) is 12.8 Å². The van der Waals surface area contributed by atoms with Gasteiger partial charge in [0.05, 0.1) is 6.33 Å². The highest BCUT2D eigenvalue weighted by molar-refractivity contribution is 5.78. The van der Waals surface area contributed by atoms with E-state index in [2.05, 4.69) is 9.55 Å². The van der Waals surface area contributed by atoms with Gasteiger partial charge in [0.2, 0.25) is 5.91 Å². The van der Waals surface area contributed by atoms with Crippen LogP contribution in [-0.4, -0.2) is 33.4 Å². The Hall–Kier alpha value is -1.32. The third-order valence-corrected chi connectivity index (χ3v) is 3.22. The summed E-state index contributed by atoms with van der Waals surface area (Å²) in [5.74, 6) is 0.397. The summed E-state index contributed by atoms with van der Waals surface area (Å²) >= 11 is 0. The molecule has 88 valence electrons. The second kappa shape index (κ2) is 4.68. The number of imidazole rings is 1. The molecule has 0 aliphatic carbocycles. The molecule has 0 spiro atoms. The van der Waals surface area contributed by atoms with Crippen LogP contribution < -0.4 is 0 Å². The molecular weight excluding hydrogens is 202 g/mol. The average molecular weight is 221 g/mol. The van der Waals surface area contributed by atoms with Crippen LogP contribution in [0.2, 0.25) is 0 Å². The normalized spacial score (nSPS) is 18.1. The minimum atomic E-state index is 0.116. The molecule has 0 atom stereocenters. The quantitative estimate of drug-likeness (QED) is 0.762. The molecule has 1 aromatic heterocycles. The van der Waals surface area contributed by atoms with Crippen LogP contribution in [0.1, 0.15) is 32.7 Å². The Labute approximate surface area is 96.3 Å². The predicted octanol–water partition coefficient (Wildman–Crippen LogP) is 1.70. The van der Waals surface area contributed by atoms with Crippen molar-refractivity contribution >= 4 is 5.91 Å². The van der Waals surface area contributed by atoms with Gasteiger partial charge in [-0.2, -0.15) is 0 Å². The topological polar surface area (TPSA) is 38.1 Å². The molecule has 0 bridgehead atoms. The van der Waals surface area contributed by atoms with E-state index in [0.29, 0.717) is 6.04 Å². The molecule has 0 saturated carbocycles. The second-order valence-corrected chi connectivity index (χ2v) is 4.72. The van der Waals surface area contributed by atoms with E-state index in [1.807, 2.05) is 37.5 Å². The van der Waals surface area contributed by atoms with Gasteiger partial charge in [-0.3, -0.25) is 4.79 Å². The highest BCUT2D eigenvalue weighted by atomic mass is 16.2. The second-order valence-electron chi connectivity index (χ2n) is 4.72. The Balaban J connectivity index is 1.90. The van der Waals surface area contributed by atoms with Gasteiger partial charge in [0.25, 0.3) is 0 Å². The number of hydrogen-bond donors (Lipinski definition) is 0. The summed E-state index contributed by atoms with van der Waals surface area (Å²) in [6.07, 6.45) is 7.75. The summed E-state index contributed by atoms with van der Waals surface area (Å²) in [6, 6.07) is 0.513. The minimum absolute atomic E-state index is 0.116. The molecule has 0 unspecified atom stereocenters. The lowest BCUT2D eigenvalue weighted by molar-refractivity contribution is -0.135. The average Bonchev–Trinajstić information content (AvgIpc) is 2.81. The van der Waals surface area contributed by atoms with E-state index in [1.54, 1.807) is 0 Å². The van der Waals surface area contributed by atoms with E-state index in [4.69, 9.17) is 0 Å². The molecule has 1 amide bonds. The molecule has 1 fully saturated rings. The van der Waals surface area contributed by atoms with Gasteiger partial charge in [0.15, 0.2) is 0 Å². The van der Waals surface area contributed by atoms with Crippen LogP contribution >= 0.6 is 0 Å². The van der Waals surface area contributed by atoms with Gasteiger partial charge in [-0.1, -0.05) is 13.8 Å². The summed E-state index contributed by atoms with van der Waals surface area (Å²) in [4.78, 5) is 17.8. The summed E-state index contributed by atoms with van der Waals surface area (Å²) in [5.41, 5.74) is 0. The van der Waals surface area contributed by atoms with Crippen molar-refractivity contribution in [3.05, 3.63) is 18.7 Å². The fourth-order valence-electron chi connectivity index (χ4n) is 2.23. The predicted molar refractivity (Wildman–Crippen MR) is 61.9 cm³/mol. The first-order valence-corrected chi connectivity index (χ1v) is 5.94. The molecule has 0 aromatic carbocycles. The van der Waals surface area contributed by atoms with Crippen LogP contribution in [0.3, 0.4) is 0 Å². The van der Waals surface area contributed by atoms with Gasteiger partial charge in [0.1, 0.15) is 0 Å². The fraction of sp³-hybridized carbons (Fsp3) is 0.667. The highest BCUT2D eigenvalue weighted by Crippen LogP contribution is 2.22. The van der Waals surface area contributed by atoms with E-state index in [1.165, 1.54) is 0 Å². The Bertz CT molecular complexity index is 337. The third kappa shape index (κ3) is 2.26. The Kier molecular flexibility index (Phi) is 3.27. The molecule has 1 aliphatic rings. The first-order valence-electron chi connectivity index (χ1n) is 5.94. The van der Waals surface area contributed by atoms with Crippen LogP contribution in [0.4, 0.5) is 0 Å². The Morgan fingerprint density at radius 3 is 2.56 bits per heavy atom. The largest absolute Gasteiger partial charge is 0.342 e. The summed E-state index contributed by atoms with van der Waals surface area (Å²) < 4.78 is 2.15. The van der Waals surface area contributed by atoms with Gasteiger partial charge in [-0.15, -0.1) is 0 Å². The number of carbonyl (C=O) groups excluding carboxylic acids is 1. The molecule has 2 heterocycles. The Morgan fingerprint density at radius 2 is 2.06 bits per heavy atom. The van der Waals surface area contributed by atoms with Gasteiger partial charge >= 0.3 is 0 Å². The van der Waals surface area contributed by atoms with Crippen molar-refractivity contribution < 1.29 is 4.79 Å². The van der Waals surface area contributed by atoms with E-state index in [9.17, 15) is 4.79 Å². The number of piperidine rings is 1. The lowest BCUT2D eigenvalue weighted by atomic mass is 10.0. The number of rotatable bonds is 2. The van der Waals surface area contributed by atoms with Crippen molar-refractivity contribution in [2.24, 2.45) is 5.92 Å². The highest BCUT2D eigenvalue weighted by Gasteiger charge is 2.24. The zero-order valence-electron chi connectivity index (χ0n) is 9.97. The van der Waals surface area contributed by atoms with Gasteiger partial charge in [0, 0.05) is 37.4 Å². The molecule has 16 heavy (non-hydrogen) atoms. The maximum absolute atomic E-state index is 11.8. The smallest absolute Gasteiger partial charge is 0.225 e. The van der Waals surface area contributed by atoms with E-state index in [-0.39, 0.29) is 11.8 Å². The molecular formula is C12H19N3O. The maximum Gasteiger partial charge on any atom is 0.225 e. The van der Waals surface area contributed by atoms with Crippen LogP contribution in [0.15, 0.2) is 18.7 Å². The van der Waals surface area contributed by atoms with Crippen molar-refractivity contribution in [2.45, 2.75) is 32.7 Å². The third-order valence-electron chi connectivity index (χ3n) is 3.22. The first-order chi connectivity index (χ1) is 7.68. The number of likely N-dealkylation sites (tertiary alicyclic amines) is 1. The summed E-state index contributed by atoms with van der Waals surface area (Å²) in [7, 11) is 0. The van der Waals surface area contributed by atoms with E-state index in [0.717, 1.165) is 25.9 Å². The molecule has 1 saturated heterocycles. The van der Waals surface area contributed by atoms with E-state index < -0.39 is 0 Å². The first kappa shape index (κ1) is 11.2. The fourth-order valence-corrected chi connectivity index (χ4v) is 2.23. The van der Waals surface area contributed by atoms with Crippen molar-refractivity contribution in [2.75, 3.05) is 13.1 Å². The molecule has 4 nitrogen and oxygen atoms in total. The number of aromatic nitrogens is 2. The van der Waals surface area contributed by atoms with E-state index >= 15 is 0 Å². The zero-order valence-corrected chi connectivity index (χ0v) is 9.97. The number of amides is 1.